The zero-order chi connectivity index (χ0) is 52.3. The van der Waals surface area contributed by atoms with Crippen LogP contribution in [0.5, 0.6) is 0 Å². The number of rotatable bonds is 16. The third-order valence-electron chi connectivity index (χ3n) is 11.4. The standard InChI is InChI=1S/C19H19F2N3O2S.C17H15F2N3O2S.C15H13F2N3S/c1-3-12-9-10-15(14-8-6-5-7-13(12)14)24-18(17(20)21)22-23-19(24)27-11-16(25)26-4-2;1-2-10-7-8-13(12-6-4-3-5-11(10)12)22-16(15(18)19)20-21-17(22)25-9-14(23)24;1-2-9-7-8-12(11-6-4-3-5-10(9)11)20-14(13(16)17)18-19-15(20)21/h5-10,17H,3-4,11H2,1-2H3;3-8,15H,2,9H2,1H3,(H,23,24);3-8,13H,2H2,1H3,(H,19,21). The Morgan fingerprint density at radius 1 is 0.548 bits per heavy atom. The molecule has 3 aromatic heterocycles. The van der Waals surface area contributed by atoms with Crippen molar-refractivity contribution in [2.24, 2.45) is 0 Å². The van der Waals surface area contributed by atoms with Gasteiger partial charge in [-0.3, -0.25) is 28.4 Å². The lowest BCUT2D eigenvalue weighted by Gasteiger charge is -2.14. The molecule has 9 rings (SSSR count). The Bertz CT molecular complexity index is 3450. The van der Waals surface area contributed by atoms with Gasteiger partial charge >= 0.3 is 11.9 Å². The maximum Gasteiger partial charge on any atom is 0.316 e. The van der Waals surface area contributed by atoms with Gasteiger partial charge in [0, 0.05) is 16.2 Å². The number of carbonyl (C=O) groups excluding carboxylic acids is 1. The van der Waals surface area contributed by atoms with Crippen LogP contribution < -0.4 is 0 Å². The summed E-state index contributed by atoms with van der Waals surface area (Å²) in [5.41, 5.74) is 5.10. The van der Waals surface area contributed by atoms with Crippen LogP contribution in [0, 0.1) is 4.77 Å². The number of carboxylic acids is 1. The second-order valence-electron chi connectivity index (χ2n) is 15.7. The lowest BCUT2D eigenvalue weighted by molar-refractivity contribution is -0.140. The van der Waals surface area contributed by atoms with E-state index in [1.165, 1.54) is 19.3 Å². The number of carbonyl (C=O) groups is 2. The number of esters is 1. The normalized spacial score (nSPS) is 11.4. The summed E-state index contributed by atoms with van der Waals surface area (Å²) in [6, 6.07) is 34.0. The van der Waals surface area contributed by atoms with Gasteiger partial charge in [0.25, 0.3) is 19.3 Å². The summed E-state index contributed by atoms with van der Waals surface area (Å²) in [7, 11) is 0. The van der Waals surface area contributed by atoms with Crippen LogP contribution in [-0.2, 0) is 33.6 Å². The van der Waals surface area contributed by atoms with Gasteiger partial charge in [-0.25, -0.2) is 26.3 Å². The zero-order valence-corrected chi connectivity index (χ0v) is 42.1. The number of hydrogen-bond donors (Lipinski definition) is 2. The fourth-order valence-corrected chi connectivity index (χ4v) is 9.83. The number of ether oxygens (including phenoxy) is 1. The number of nitrogens with one attached hydrogen (secondary N) is 1. The van der Waals surface area contributed by atoms with Crippen molar-refractivity contribution in [2.75, 3.05) is 18.1 Å². The van der Waals surface area contributed by atoms with E-state index >= 15 is 0 Å². The Balaban J connectivity index is 0.000000161. The van der Waals surface area contributed by atoms with Crippen LogP contribution in [0.25, 0.3) is 49.4 Å². The van der Waals surface area contributed by atoms with E-state index in [1.807, 2.05) is 111 Å². The smallest absolute Gasteiger partial charge is 0.316 e. The molecule has 0 amide bonds. The van der Waals surface area contributed by atoms with Crippen molar-refractivity contribution in [1.82, 2.24) is 44.3 Å². The van der Waals surface area contributed by atoms with Crippen molar-refractivity contribution in [3.05, 3.63) is 148 Å². The highest BCUT2D eigenvalue weighted by Crippen LogP contribution is 2.35. The highest BCUT2D eigenvalue weighted by molar-refractivity contribution is 8.00. The van der Waals surface area contributed by atoms with Gasteiger partial charge in [-0.05, 0) is 89.5 Å². The summed E-state index contributed by atoms with van der Waals surface area (Å²) >= 11 is 7.00. The first-order chi connectivity index (χ1) is 35.2. The number of aromatic nitrogens is 9. The van der Waals surface area contributed by atoms with Crippen LogP contribution in [0.15, 0.2) is 120 Å². The Morgan fingerprint density at radius 2 is 0.918 bits per heavy atom. The first-order valence-corrected chi connectivity index (χ1v) is 25.2. The van der Waals surface area contributed by atoms with E-state index < -0.39 is 42.9 Å². The maximum atomic E-state index is 13.6. The molecule has 380 valence electrons. The number of H-pyrrole nitrogens is 1. The minimum atomic E-state index is -2.82. The number of aliphatic carboxylic acids is 1. The second-order valence-corrected chi connectivity index (χ2v) is 18.0. The summed E-state index contributed by atoms with van der Waals surface area (Å²) in [5, 5.41) is 35.7. The predicted molar refractivity (Wildman–Crippen MR) is 273 cm³/mol. The Morgan fingerprint density at radius 3 is 1.27 bits per heavy atom. The highest BCUT2D eigenvalue weighted by atomic mass is 32.2. The molecule has 2 N–H and O–H groups in total. The summed E-state index contributed by atoms with van der Waals surface area (Å²) in [6.45, 7) is 8.11. The number of thioether (sulfide) groups is 2. The molecule has 9 aromatic rings. The first kappa shape index (κ1) is 53.8. The minimum absolute atomic E-state index is 0.0276. The zero-order valence-electron chi connectivity index (χ0n) is 39.6. The summed E-state index contributed by atoms with van der Waals surface area (Å²) < 4.78 is 89.2. The van der Waals surface area contributed by atoms with Crippen molar-refractivity contribution >= 4 is 80.0 Å². The van der Waals surface area contributed by atoms with Crippen molar-refractivity contribution in [3.63, 3.8) is 0 Å². The number of fused-ring (bicyclic) bond motifs is 3. The molecule has 3 heterocycles. The quantitative estimate of drug-likeness (QED) is 0.0409. The molecule has 0 bridgehead atoms. The highest BCUT2D eigenvalue weighted by Gasteiger charge is 2.26. The molecule has 0 saturated heterocycles. The van der Waals surface area contributed by atoms with Gasteiger partial charge in [0.05, 0.1) is 35.2 Å². The number of benzene rings is 6. The van der Waals surface area contributed by atoms with Crippen LogP contribution in [0.1, 0.15) is 81.1 Å². The second kappa shape index (κ2) is 24.6. The minimum Gasteiger partial charge on any atom is -0.481 e. The van der Waals surface area contributed by atoms with Gasteiger partial charge in [-0.1, -0.05) is 135 Å². The van der Waals surface area contributed by atoms with E-state index in [4.69, 9.17) is 22.1 Å². The van der Waals surface area contributed by atoms with Gasteiger partial charge in [0.15, 0.2) is 15.1 Å². The van der Waals surface area contributed by atoms with E-state index in [9.17, 15) is 35.9 Å². The SMILES string of the molecule is CCOC(=O)CSc1nnc(C(F)F)n1-c1ccc(CC)c2ccccc12.CCc1ccc(-n2c(C(F)F)n[nH]c2=S)c2ccccc12.CCc1ccc(-n2c(SCC(=O)O)nnc2C(F)F)c2ccccc12. The fraction of sp³-hybridized carbons (Fsp3) is 0.255. The average molecular weight is 1060 g/mol. The Labute approximate surface area is 428 Å². The molecule has 0 aliphatic rings. The number of aryl methyl sites for hydroxylation is 3. The van der Waals surface area contributed by atoms with Crippen LogP contribution in [0.3, 0.4) is 0 Å². The van der Waals surface area contributed by atoms with Crippen molar-refractivity contribution < 1.29 is 45.8 Å². The van der Waals surface area contributed by atoms with Gasteiger partial charge in [-0.2, -0.15) is 5.10 Å². The number of nitrogens with zero attached hydrogens (tertiary/aromatic N) is 8. The molecule has 0 spiro atoms. The molecule has 13 nitrogen and oxygen atoms in total. The Kier molecular flexibility index (Phi) is 18.1. The van der Waals surface area contributed by atoms with Crippen molar-refractivity contribution in [3.8, 4) is 17.1 Å². The van der Waals surface area contributed by atoms with Crippen LogP contribution in [-0.4, -0.2) is 79.5 Å². The molecule has 73 heavy (non-hydrogen) atoms. The van der Waals surface area contributed by atoms with E-state index in [0.29, 0.717) is 17.1 Å². The number of halogens is 6. The molecule has 0 radical (unpaired) electrons. The monoisotopic (exact) mass is 1060 g/mol. The van der Waals surface area contributed by atoms with Crippen molar-refractivity contribution in [1.29, 1.82) is 0 Å². The molecule has 0 aliphatic carbocycles. The molecular weight excluding hydrogens is 1010 g/mol. The first-order valence-electron chi connectivity index (χ1n) is 22.8. The third kappa shape index (κ3) is 11.9. The topological polar surface area (TPSA) is 159 Å². The van der Waals surface area contributed by atoms with Gasteiger partial charge < -0.3 is 9.84 Å². The molecule has 6 aromatic carbocycles. The molecule has 22 heteroatoms. The average Bonchev–Trinajstić information content (AvgIpc) is 4.14. The van der Waals surface area contributed by atoms with E-state index in [0.717, 1.165) is 86.2 Å². The number of alkyl halides is 6. The van der Waals surface area contributed by atoms with Crippen LogP contribution >= 0.6 is 35.7 Å². The van der Waals surface area contributed by atoms with Crippen LogP contribution in [0.4, 0.5) is 26.3 Å². The van der Waals surface area contributed by atoms with E-state index in [2.05, 4.69) is 37.5 Å². The summed E-state index contributed by atoms with van der Waals surface area (Å²) in [6.07, 6.45) is -5.79. The maximum absolute atomic E-state index is 13.6. The molecule has 0 unspecified atom stereocenters. The molecule has 0 aliphatic heterocycles. The number of carboxylic acid groups (broad SMARTS) is 1. The molecule has 0 atom stereocenters. The summed E-state index contributed by atoms with van der Waals surface area (Å²) in [5.74, 6) is -3.11. The number of aromatic amines is 1. The number of hydrogen-bond acceptors (Lipinski definition) is 11. The van der Waals surface area contributed by atoms with Crippen molar-refractivity contribution in [2.45, 2.75) is 76.5 Å². The van der Waals surface area contributed by atoms with E-state index in [-0.39, 0.29) is 39.0 Å². The third-order valence-corrected chi connectivity index (χ3v) is 13.5. The largest absolute Gasteiger partial charge is 0.481 e. The molecular formula is C51H47F6N9O4S3. The van der Waals surface area contributed by atoms with Gasteiger partial charge in [0.2, 0.25) is 17.5 Å². The van der Waals surface area contributed by atoms with Gasteiger partial charge in [0.1, 0.15) is 0 Å². The molecule has 0 saturated carbocycles. The lowest BCUT2D eigenvalue weighted by Crippen LogP contribution is -2.09. The molecule has 0 fully saturated rings. The fourth-order valence-electron chi connectivity index (χ4n) is 8.17. The van der Waals surface area contributed by atoms with Gasteiger partial charge in [-0.15, -0.1) is 20.4 Å². The lowest BCUT2D eigenvalue weighted by atomic mass is 10.0. The van der Waals surface area contributed by atoms with Crippen LogP contribution in [0.2, 0.25) is 0 Å². The van der Waals surface area contributed by atoms with E-state index in [1.54, 1.807) is 19.1 Å². The Hall–Kier alpha value is -7.04. The predicted octanol–water partition coefficient (Wildman–Crippen LogP) is 13.3. The summed E-state index contributed by atoms with van der Waals surface area (Å²) in [4.78, 5) is 22.5.